The zero-order chi connectivity index (χ0) is 15.3. The molecule has 0 heterocycles. The molecular formula is C12H20F3NO3. The largest absolute Gasteiger partial charge is 0.480 e. The first-order valence-electron chi connectivity index (χ1n) is 6.00. The maximum atomic E-state index is 12.1. The molecule has 4 nitrogen and oxygen atoms in total. The van der Waals surface area contributed by atoms with Crippen molar-refractivity contribution < 1.29 is 27.9 Å². The Labute approximate surface area is 110 Å². The van der Waals surface area contributed by atoms with Crippen molar-refractivity contribution in [3.63, 3.8) is 0 Å². The van der Waals surface area contributed by atoms with Gasteiger partial charge in [0.15, 0.2) is 0 Å². The van der Waals surface area contributed by atoms with E-state index >= 15 is 0 Å². The number of carboxylic acid groups (broad SMARTS) is 1. The number of carboxylic acids is 1. The first-order chi connectivity index (χ1) is 8.41. The van der Waals surface area contributed by atoms with Crippen LogP contribution in [0.25, 0.3) is 0 Å². The molecule has 1 atom stereocenters. The van der Waals surface area contributed by atoms with Gasteiger partial charge in [-0.25, -0.2) is 4.79 Å². The van der Waals surface area contributed by atoms with E-state index in [1.54, 1.807) is 0 Å². The minimum atomic E-state index is -4.62. The van der Waals surface area contributed by atoms with Crippen LogP contribution in [-0.4, -0.2) is 29.2 Å². The second kappa shape index (κ2) is 6.77. The number of amides is 1. The van der Waals surface area contributed by atoms with Gasteiger partial charge < -0.3 is 10.4 Å². The van der Waals surface area contributed by atoms with Gasteiger partial charge in [0, 0.05) is 6.42 Å². The highest BCUT2D eigenvalue weighted by atomic mass is 19.4. The van der Waals surface area contributed by atoms with Crippen molar-refractivity contribution in [3.8, 4) is 0 Å². The molecule has 0 spiro atoms. The lowest BCUT2D eigenvalue weighted by molar-refractivity contribution is -0.160. The summed E-state index contributed by atoms with van der Waals surface area (Å²) in [5.74, 6) is -2.35. The molecule has 1 amide bonds. The Balaban J connectivity index is 4.23. The van der Waals surface area contributed by atoms with Gasteiger partial charge in [0.25, 0.3) is 0 Å². The van der Waals surface area contributed by atoms with Gasteiger partial charge >= 0.3 is 12.1 Å². The van der Waals surface area contributed by atoms with Crippen LogP contribution in [0.1, 0.15) is 46.5 Å². The van der Waals surface area contributed by atoms with Crippen LogP contribution in [0.5, 0.6) is 0 Å². The Morgan fingerprint density at radius 2 is 1.74 bits per heavy atom. The van der Waals surface area contributed by atoms with E-state index in [-0.39, 0.29) is 11.8 Å². The molecule has 0 aliphatic heterocycles. The molecule has 7 heteroatoms. The molecule has 2 N–H and O–H groups in total. The van der Waals surface area contributed by atoms with Crippen LogP contribution < -0.4 is 5.32 Å². The Bertz CT molecular complexity index is 321. The molecule has 0 saturated carbocycles. The minimum absolute atomic E-state index is 0.0262. The summed E-state index contributed by atoms with van der Waals surface area (Å²) in [6.07, 6.45) is -4.92. The molecular weight excluding hydrogens is 263 g/mol. The summed E-state index contributed by atoms with van der Waals surface area (Å²) >= 11 is 0. The number of halogens is 3. The van der Waals surface area contributed by atoms with Crippen molar-refractivity contribution in [2.45, 2.75) is 58.7 Å². The number of nitrogens with one attached hydrogen (secondary N) is 1. The van der Waals surface area contributed by atoms with E-state index in [2.05, 4.69) is 0 Å². The van der Waals surface area contributed by atoms with Crippen molar-refractivity contribution in [3.05, 3.63) is 0 Å². The van der Waals surface area contributed by atoms with E-state index in [1.165, 1.54) is 0 Å². The lowest BCUT2D eigenvalue weighted by Crippen LogP contribution is -2.43. The molecule has 0 aromatic rings. The van der Waals surface area contributed by atoms with Crippen molar-refractivity contribution >= 4 is 11.9 Å². The number of hydrogen-bond donors (Lipinski definition) is 2. The predicted octanol–water partition coefficient (Wildman–Crippen LogP) is 2.72. The molecule has 0 saturated heterocycles. The van der Waals surface area contributed by atoms with Gasteiger partial charge in [-0.3, -0.25) is 4.79 Å². The highest BCUT2D eigenvalue weighted by Crippen LogP contribution is 2.23. The van der Waals surface area contributed by atoms with Gasteiger partial charge in [-0.1, -0.05) is 20.8 Å². The van der Waals surface area contributed by atoms with Crippen molar-refractivity contribution in [2.24, 2.45) is 5.41 Å². The summed E-state index contributed by atoms with van der Waals surface area (Å²) < 4.78 is 36.3. The van der Waals surface area contributed by atoms with E-state index in [1.807, 2.05) is 26.1 Å². The summed E-state index contributed by atoms with van der Waals surface area (Å²) in [5, 5.41) is 10.5. The lowest BCUT2D eigenvalue weighted by atomic mass is 9.90. The highest BCUT2D eigenvalue weighted by molar-refractivity contribution is 5.83. The highest BCUT2D eigenvalue weighted by Gasteiger charge is 2.36. The summed E-state index contributed by atoms with van der Waals surface area (Å²) in [4.78, 5) is 22.0. The third-order valence-electron chi connectivity index (χ3n) is 2.40. The zero-order valence-electron chi connectivity index (χ0n) is 11.3. The Morgan fingerprint density at radius 1 is 1.21 bits per heavy atom. The van der Waals surface area contributed by atoms with Crippen LogP contribution in [0.4, 0.5) is 13.2 Å². The molecule has 19 heavy (non-hydrogen) atoms. The molecule has 0 aliphatic rings. The normalized spacial score (nSPS) is 14.0. The fraction of sp³-hybridized carbons (Fsp3) is 0.833. The van der Waals surface area contributed by atoms with Crippen LogP contribution in [0, 0.1) is 5.41 Å². The van der Waals surface area contributed by atoms with Gasteiger partial charge in [0.2, 0.25) is 5.91 Å². The van der Waals surface area contributed by atoms with Crippen LogP contribution in [0.3, 0.4) is 0 Å². The predicted molar refractivity (Wildman–Crippen MR) is 63.5 cm³/mol. The molecule has 0 aromatic carbocycles. The topological polar surface area (TPSA) is 66.4 Å². The first kappa shape index (κ1) is 17.7. The average molecular weight is 283 g/mol. The number of alkyl halides is 3. The fourth-order valence-electron chi connectivity index (χ4n) is 1.48. The van der Waals surface area contributed by atoms with Gasteiger partial charge in [-0.05, 0) is 18.3 Å². The number of hydrogen-bond acceptors (Lipinski definition) is 2. The van der Waals surface area contributed by atoms with Gasteiger partial charge in [-0.2, -0.15) is 13.2 Å². The molecule has 1 unspecified atom stereocenters. The molecule has 112 valence electrons. The van der Waals surface area contributed by atoms with E-state index in [9.17, 15) is 22.8 Å². The van der Waals surface area contributed by atoms with E-state index in [0.29, 0.717) is 6.42 Å². The van der Waals surface area contributed by atoms with E-state index < -0.39 is 30.5 Å². The fourth-order valence-corrected chi connectivity index (χ4v) is 1.48. The zero-order valence-corrected chi connectivity index (χ0v) is 11.3. The van der Waals surface area contributed by atoms with Crippen molar-refractivity contribution in [2.75, 3.05) is 0 Å². The standard InChI is InChI=1S/C12H20F3NO3/c1-11(2,3)6-4-5-9(17)16-8(10(18)19)7-12(13,14)15/h8H,4-7H2,1-3H3,(H,16,17)(H,18,19). The molecule has 0 rings (SSSR count). The van der Waals surface area contributed by atoms with Crippen molar-refractivity contribution in [1.29, 1.82) is 0 Å². The van der Waals surface area contributed by atoms with Gasteiger partial charge in [0.1, 0.15) is 6.04 Å². The monoisotopic (exact) mass is 283 g/mol. The van der Waals surface area contributed by atoms with Crippen LogP contribution >= 0.6 is 0 Å². The number of carbonyl (C=O) groups excluding carboxylic acids is 1. The summed E-state index contributed by atoms with van der Waals surface area (Å²) in [5.41, 5.74) is 0.0262. The van der Waals surface area contributed by atoms with Crippen molar-refractivity contribution in [1.82, 2.24) is 5.32 Å². The molecule has 0 radical (unpaired) electrons. The minimum Gasteiger partial charge on any atom is -0.480 e. The van der Waals surface area contributed by atoms with Crippen LogP contribution in [-0.2, 0) is 9.59 Å². The Kier molecular flexibility index (Phi) is 6.32. The molecule has 0 aliphatic carbocycles. The number of aliphatic carboxylic acids is 1. The molecule has 0 fully saturated rings. The molecule has 0 aromatic heterocycles. The third kappa shape index (κ3) is 10.3. The Hall–Kier alpha value is -1.27. The van der Waals surface area contributed by atoms with Gasteiger partial charge in [0.05, 0.1) is 6.42 Å². The van der Waals surface area contributed by atoms with Crippen LogP contribution in [0.15, 0.2) is 0 Å². The summed E-state index contributed by atoms with van der Waals surface area (Å²) in [6.45, 7) is 5.94. The van der Waals surface area contributed by atoms with E-state index in [4.69, 9.17) is 5.11 Å². The number of carbonyl (C=O) groups is 2. The smallest absolute Gasteiger partial charge is 0.391 e. The third-order valence-corrected chi connectivity index (χ3v) is 2.40. The summed E-state index contributed by atoms with van der Waals surface area (Å²) in [6, 6.07) is -1.91. The van der Waals surface area contributed by atoms with Crippen LogP contribution in [0.2, 0.25) is 0 Å². The number of rotatable bonds is 6. The Morgan fingerprint density at radius 3 is 2.11 bits per heavy atom. The maximum Gasteiger partial charge on any atom is 0.391 e. The maximum absolute atomic E-state index is 12.1. The first-order valence-corrected chi connectivity index (χ1v) is 6.00. The second-order valence-electron chi connectivity index (χ2n) is 5.69. The molecule has 0 bridgehead atoms. The second-order valence-corrected chi connectivity index (χ2v) is 5.69. The van der Waals surface area contributed by atoms with Gasteiger partial charge in [-0.15, -0.1) is 0 Å². The summed E-state index contributed by atoms with van der Waals surface area (Å²) in [7, 11) is 0. The average Bonchev–Trinajstić information content (AvgIpc) is 2.11. The van der Waals surface area contributed by atoms with E-state index in [0.717, 1.165) is 6.42 Å². The quantitative estimate of drug-likeness (QED) is 0.787. The lowest BCUT2D eigenvalue weighted by Gasteiger charge is -2.19. The SMILES string of the molecule is CC(C)(C)CCCC(=O)NC(CC(F)(F)F)C(=O)O.